The van der Waals surface area contributed by atoms with Gasteiger partial charge < -0.3 is 19.0 Å². The van der Waals surface area contributed by atoms with Gasteiger partial charge >= 0.3 is 16.2 Å². The predicted molar refractivity (Wildman–Crippen MR) is 138 cm³/mol. The van der Waals surface area contributed by atoms with Crippen LogP contribution in [0.3, 0.4) is 0 Å². The molecule has 3 aromatic carbocycles. The van der Waals surface area contributed by atoms with Gasteiger partial charge in [0.15, 0.2) is 0 Å². The van der Waals surface area contributed by atoms with Gasteiger partial charge in [-0.1, -0.05) is 60.2 Å². The molecule has 3 aromatic rings. The molecule has 3 rings (SSSR count). The zero-order valence-electron chi connectivity index (χ0n) is 21.3. The van der Waals surface area contributed by atoms with Crippen molar-refractivity contribution in [2.24, 2.45) is 0 Å². The molecule has 0 saturated carbocycles. The molecule has 1 amide bonds. The average Bonchev–Trinajstić information content (AvgIpc) is 2.81. The van der Waals surface area contributed by atoms with E-state index >= 15 is 0 Å². The summed E-state index contributed by atoms with van der Waals surface area (Å²) in [6.45, 7) is 9.42. The number of hydrogen-bond acceptors (Lipinski definition) is 6. The van der Waals surface area contributed by atoms with Crippen LogP contribution in [0.4, 0.5) is 4.79 Å². The summed E-state index contributed by atoms with van der Waals surface area (Å²) in [7, 11) is -4.02. The normalized spacial score (nSPS) is 13.5. The topological polar surface area (TPSA) is 90.9 Å². The zero-order chi connectivity index (χ0) is 26.4. The summed E-state index contributed by atoms with van der Waals surface area (Å²) in [5, 5.41) is 2.77. The first-order valence-electron chi connectivity index (χ1n) is 11.6. The quantitative estimate of drug-likeness (QED) is 0.370. The second-order valence-electron chi connectivity index (χ2n) is 9.74. The molecule has 8 heteroatoms. The Labute approximate surface area is 213 Å². The molecule has 0 fully saturated rings. The van der Waals surface area contributed by atoms with Crippen molar-refractivity contribution in [3.05, 3.63) is 95.6 Å². The number of aryl methyl sites for hydroxylation is 1. The molecule has 0 radical (unpaired) electrons. The van der Waals surface area contributed by atoms with Crippen molar-refractivity contribution in [2.75, 3.05) is 6.54 Å². The van der Waals surface area contributed by atoms with Crippen LogP contribution in [-0.2, 0) is 31.8 Å². The number of alkyl carbamates (subject to hydrolysis) is 1. The van der Waals surface area contributed by atoms with Gasteiger partial charge in [0, 0.05) is 0 Å². The Balaban J connectivity index is 1.85. The third kappa shape index (κ3) is 7.83. The highest BCUT2D eigenvalue weighted by atomic mass is 32.2. The van der Waals surface area contributed by atoms with Crippen LogP contribution < -0.4 is 9.50 Å². The van der Waals surface area contributed by atoms with Crippen LogP contribution in [0.25, 0.3) is 0 Å². The molecule has 7 nitrogen and oxygen atoms in total. The minimum atomic E-state index is -4.02. The fraction of sp³-hybridized carbons (Fsp3) is 0.321. The van der Waals surface area contributed by atoms with Crippen molar-refractivity contribution in [3.8, 4) is 5.75 Å². The van der Waals surface area contributed by atoms with Gasteiger partial charge in [0.25, 0.3) is 0 Å². The van der Waals surface area contributed by atoms with Crippen molar-refractivity contribution in [2.45, 2.75) is 57.3 Å². The van der Waals surface area contributed by atoms with E-state index in [1.54, 1.807) is 57.2 Å². The highest BCUT2D eigenvalue weighted by Gasteiger charge is 2.30. The van der Waals surface area contributed by atoms with Crippen molar-refractivity contribution in [1.82, 2.24) is 5.32 Å². The van der Waals surface area contributed by atoms with Gasteiger partial charge in [-0.3, -0.25) is 0 Å². The highest BCUT2D eigenvalue weighted by Crippen LogP contribution is 2.30. The molecule has 0 heterocycles. The summed E-state index contributed by atoms with van der Waals surface area (Å²) in [5.74, 6) is 0.139. The number of carbonyl (C=O) groups is 1. The van der Waals surface area contributed by atoms with E-state index in [4.69, 9.17) is 13.7 Å². The van der Waals surface area contributed by atoms with Gasteiger partial charge in [0.05, 0.1) is 13.2 Å². The first-order valence-corrected chi connectivity index (χ1v) is 13.0. The standard InChI is InChI=1S/C28H33NO6S/c1-21-14-16-25(17-15-21)36(31,32)35-24-13-9-12-23(18-24)28(5,20-29-26(30)34-27(2,3)4)33-19-22-10-7-6-8-11-22/h6-18H,19-20H2,1-5H3,(H,29,30). The Hall–Kier alpha value is -3.36. The summed E-state index contributed by atoms with van der Waals surface area (Å²) in [6.07, 6.45) is -0.577. The van der Waals surface area contributed by atoms with Gasteiger partial charge in [0.2, 0.25) is 0 Å². The van der Waals surface area contributed by atoms with Crippen molar-refractivity contribution < 1.29 is 26.9 Å². The molecule has 0 aliphatic heterocycles. The van der Waals surface area contributed by atoms with Crippen LogP contribution in [-0.4, -0.2) is 26.7 Å². The third-order valence-corrected chi connectivity index (χ3v) is 6.59. The molecular weight excluding hydrogens is 478 g/mol. The first-order chi connectivity index (χ1) is 16.9. The summed E-state index contributed by atoms with van der Waals surface area (Å²) >= 11 is 0. The van der Waals surface area contributed by atoms with Crippen molar-refractivity contribution in [3.63, 3.8) is 0 Å². The molecule has 1 unspecified atom stereocenters. The van der Waals surface area contributed by atoms with E-state index in [9.17, 15) is 13.2 Å². The van der Waals surface area contributed by atoms with Gasteiger partial charge in [-0.15, -0.1) is 0 Å². The maximum absolute atomic E-state index is 12.8. The number of amides is 1. The van der Waals surface area contributed by atoms with E-state index in [0.29, 0.717) is 5.56 Å². The molecular formula is C28H33NO6S. The molecule has 0 spiro atoms. The van der Waals surface area contributed by atoms with E-state index in [1.807, 2.05) is 44.2 Å². The minimum Gasteiger partial charge on any atom is -0.444 e. The Morgan fingerprint density at radius 2 is 1.56 bits per heavy atom. The summed E-state index contributed by atoms with van der Waals surface area (Å²) in [6, 6.07) is 22.7. The fourth-order valence-electron chi connectivity index (χ4n) is 3.36. The Kier molecular flexibility index (Phi) is 8.43. The van der Waals surface area contributed by atoms with E-state index < -0.39 is 27.4 Å². The number of nitrogens with one attached hydrogen (secondary N) is 1. The van der Waals surface area contributed by atoms with Crippen LogP contribution in [0.1, 0.15) is 44.4 Å². The molecule has 0 aromatic heterocycles. The molecule has 36 heavy (non-hydrogen) atoms. The molecule has 0 aliphatic rings. The van der Waals surface area contributed by atoms with E-state index in [0.717, 1.165) is 11.1 Å². The Morgan fingerprint density at radius 3 is 2.19 bits per heavy atom. The lowest BCUT2D eigenvalue weighted by atomic mass is 9.95. The van der Waals surface area contributed by atoms with Crippen LogP contribution in [0.2, 0.25) is 0 Å². The van der Waals surface area contributed by atoms with Gasteiger partial charge in [-0.2, -0.15) is 8.42 Å². The van der Waals surface area contributed by atoms with Gasteiger partial charge in [-0.05, 0) is 70.0 Å². The van der Waals surface area contributed by atoms with E-state index in [-0.39, 0.29) is 23.8 Å². The average molecular weight is 512 g/mol. The molecule has 0 bridgehead atoms. The highest BCUT2D eigenvalue weighted by molar-refractivity contribution is 7.87. The molecule has 0 saturated heterocycles. The van der Waals surface area contributed by atoms with Gasteiger partial charge in [-0.25, -0.2) is 4.79 Å². The number of ether oxygens (including phenoxy) is 2. The third-order valence-electron chi connectivity index (χ3n) is 5.33. The van der Waals surface area contributed by atoms with Crippen LogP contribution >= 0.6 is 0 Å². The lowest BCUT2D eigenvalue weighted by Gasteiger charge is -2.31. The molecule has 0 aliphatic carbocycles. The largest absolute Gasteiger partial charge is 0.444 e. The predicted octanol–water partition coefficient (Wildman–Crippen LogP) is 5.72. The molecule has 1 N–H and O–H groups in total. The fourth-order valence-corrected chi connectivity index (χ4v) is 4.29. The maximum atomic E-state index is 12.8. The molecule has 1 atom stereocenters. The lowest BCUT2D eigenvalue weighted by Crippen LogP contribution is -2.42. The summed E-state index contributed by atoms with van der Waals surface area (Å²) in [5.41, 5.74) is 0.865. The first kappa shape index (κ1) is 27.2. The van der Waals surface area contributed by atoms with Crippen LogP contribution in [0.15, 0.2) is 83.8 Å². The van der Waals surface area contributed by atoms with E-state index in [2.05, 4.69) is 5.32 Å². The molecule has 192 valence electrons. The Bertz CT molecular complexity index is 1270. The monoisotopic (exact) mass is 511 g/mol. The van der Waals surface area contributed by atoms with Gasteiger partial charge in [0.1, 0.15) is 21.8 Å². The number of rotatable bonds is 9. The van der Waals surface area contributed by atoms with Crippen molar-refractivity contribution >= 4 is 16.2 Å². The second-order valence-corrected chi connectivity index (χ2v) is 11.3. The number of hydrogen-bond donors (Lipinski definition) is 1. The SMILES string of the molecule is Cc1ccc(S(=O)(=O)Oc2cccc(C(C)(CNC(=O)OC(C)(C)C)OCc3ccccc3)c2)cc1. The Morgan fingerprint density at radius 1 is 0.889 bits per heavy atom. The number of benzene rings is 3. The minimum absolute atomic E-state index is 0.0631. The smallest absolute Gasteiger partial charge is 0.407 e. The van der Waals surface area contributed by atoms with E-state index in [1.165, 1.54) is 12.1 Å². The van der Waals surface area contributed by atoms with Crippen molar-refractivity contribution in [1.29, 1.82) is 0 Å². The zero-order valence-corrected chi connectivity index (χ0v) is 22.1. The second kappa shape index (κ2) is 11.1. The van der Waals surface area contributed by atoms with Crippen LogP contribution in [0.5, 0.6) is 5.75 Å². The summed E-state index contributed by atoms with van der Waals surface area (Å²) in [4.78, 5) is 12.4. The van der Waals surface area contributed by atoms with Crippen LogP contribution in [0, 0.1) is 6.92 Å². The summed E-state index contributed by atoms with van der Waals surface area (Å²) < 4.78 is 42.7. The maximum Gasteiger partial charge on any atom is 0.407 e. The lowest BCUT2D eigenvalue weighted by molar-refractivity contribution is -0.0482. The number of carbonyl (C=O) groups excluding carboxylic acids is 1.